The largest absolute Gasteiger partial charge is 0.127 e. The maximum atomic E-state index is 5.64. The van der Waals surface area contributed by atoms with Crippen molar-refractivity contribution in [2.75, 3.05) is 11.6 Å². The summed E-state index contributed by atoms with van der Waals surface area (Å²) in [5.74, 6) is 2.01. The van der Waals surface area contributed by atoms with Crippen molar-refractivity contribution in [3.05, 3.63) is 29.3 Å². The Morgan fingerprint density at radius 2 is 1.93 bits per heavy atom. The van der Waals surface area contributed by atoms with Crippen LogP contribution in [0.15, 0.2) is 23.1 Å². The van der Waals surface area contributed by atoms with Gasteiger partial charge in [-0.3, -0.25) is 0 Å². The molecule has 0 spiro atoms. The fourth-order valence-electron chi connectivity index (χ4n) is 1.42. The lowest BCUT2D eigenvalue weighted by molar-refractivity contribution is 0.783. The average Bonchev–Trinajstić information content (AvgIpc) is 2.23. The number of halogens is 1. The molecule has 0 N–H and O–H groups in total. The minimum Gasteiger partial charge on any atom is -0.127 e. The lowest BCUT2D eigenvalue weighted by atomic mass is 10.2. The molecule has 1 rings (SSSR count). The summed E-state index contributed by atoms with van der Waals surface area (Å²) in [7, 11) is 0. The van der Waals surface area contributed by atoms with Crippen LogP contribution in [0.4, 0.5) is 0 Å². The smallest absolute Gasteiger partial charge is 0.0223 e. The molecule has 0 unspecified atom stereocenters. The van der Waals surface area contributed by atoms with E-state index in [9.17, 15) is 0 Å². The molecule has 0 nitrogen and oxygen atoms in total. The highest BCUT2D eigenvalue weighted by atomic mass is 35.5. The van der Waals surface area contributed by atoms with Gasteiger partial charge in [-0.05, 0) is 44.1 Å². The monoisotopic (exact) mass is 242 g/mol. The van der Waals surface area contributed by atoms with Gasteiger partial charge in [0, 0.05) is 10.8 Å². The zero-order chi connectivity index (χ0) is 11.1. The molecule has 84 valence electrons. The Morgan fingerprint density at radius 1 is 1.13 bits per heavy atom. The minimum atomic E-state index is 0.800. The van der Waals surface area contributed by atoms with Crippen LogP contribution in [0.5, 0.6) is 0 Å². The van der Waals surface area contributed by atoms with E-state index in [1.807, 2.05) is 11.8 Å². The van der Waals surface area contributed by atoms with Crippen LogP contribution in [-0.4, -0.2) is 11.6 Å². The summed E-state index contributed by atoms with van der Waals surface area (Å²) in [6.07, 6.45) is 3.67. The first-order valence-corrected chi connectivity index (χ1v) is 7.02. The van der Waals surface area contributed by atoms with Gasteiger partial charge in [0.2, 0.25) is 0 Å². The third-order valence-corrected chi connectivity index (χ3v) is 3.89. The molecule has 1 aromatic rings. The second-order valence-electron chi connectivity index (χ2n) is 3.87. The second-order valence-corrected chi connectivity index (χ2v) is 5.38. The van der Waals surface area contributed by atoms with Crippen LogP contribution in [0, 0.1) is 13.8 Å². The van der Waals surface area contributed by atoms with E-state index in [0.29, 0.717) is 0 Å². The van der Waals surface area contributed by atoms with Gasteiger partial charge in [0.25, 0.3) is 0 Å². The van der Waals surface area contributed by atoms with Gasteiger partial charge in [0.05, 0.1) is 0 Å². The number of hydrogen-bond donors (Lipinski definition) is 0. The second kappa shape index (κ2) is 7.19. The first kappa shape index (κ1) is 12.9. The Bertz CT molecular complexity index is 297. The van der Waals surface area contributed by atoms with E-state index in [0.717, 1.165) is 12.3 Å². The average molecular weight is 243 g/mol. The van der Waals surface area contributed by atoms with Gasteiger partial charge in [-0.1, -0.05) is 24.1 Å². The predicted molar refractivity (Wildman–Crippen MR) is 71.2 cm³/mol. The van der Waals surface area contributed by atoms with Crippen molar-refractivity contribution in [3.8, 4) is 0 Å². The van der Waals surface area contributed by atoms with E-state index < -0.39 is 0 Å². The highest BCUT2D eigenvalue weighted by molar-refractivity contribution is 7.99. The van der Waals surface area contributed by atoms with Crippen LogP contribution >= 0.6 is 23.4 Å². The van der Waals surface area contributed by atoms with Gasteiger partial charge < -0.3 is 0 Å². The van der Waals surface area contributed by atoms with E-state index in [2.05, 4.69) is 32.0 Å². The van der Waals surface area contributed by atoms with Crippen molar-refractivity contribution >= 4 is 23.4 Å². The van der Waals surface area contributed by atoms with Crippen molar-refractivity contribution in [2.45, 2.75) is 38.0 Å². The van der Waals surface area contributed by atoms with Crippen molar-refractivity contribution in [1.29, 1.82) is 0 Å². The van der Waals surface area contributed by atoms with Crippen LogP contribution < -0.4 is 0 Å². The highest BCUT2D eigenvalue weighted by Gasteiger charge is 1.99. The number of alkyl halides is 1. The van der Waals surface area contributed by atoms with E-state index >= 15 is 0 Å². The molecular weight excluding hydrogens is 224 g/mol. The molecule has 0 aromatic heterocycles. The van der Waals surface area contributed by atoms with Gasteiger partial charge in [0.15, 0.2) is 0 Å². The van der Waals surface area contributed by atoms with Crippen molar-refractivity contribution in [1.82, 2.24) is 0 Å². The molecule has 0 aliphatic heterocycles. The maximum Gasteiger partial charge on any atom is 0.0223 e. The zero-order valence-electron chi connectivity index (χ0n) is 9.55. The van der Waals surface area contributed by atoms with Crippen LogP contribution in [0.1, 0.15) is 30.4 Å². The van der Waals surface area contributed by atoms with Crippen molar-refractivity contribution in [3.63, 3.8) is 0 Å². The number of thioether (sulfide) groups is 1. The molecule has 0 atom stereocenters. The van der Waals surface area contributed by atoms with Crippen LogP contribution in [-0.2, 0) is 0 Å². The normalized spacial score (nSPS) is 10.6. The number of rotatable bonds is 6. The Hall–Kier alpha value is -0.140. The fraction of sp³-hybridized carbons (Fsp3) is 0.538. The lowest BCUT2D eigenvalue weighted by Gasteiger charge is -2.06. The Kier molecular flexibility index (Phi) is 6.19. The Balaban J connectivity index is 2.33. The number of hydrogen-bond acceptors (Lipinski definition) is 1. The van der Waals surface area contributed by atoms with Gasteiger partial charge in [-0.2, -0.15) is 0 Å². The van der Waals surface area contributed by atoms with Gasteiger partial charge >= 0.3 is 0 Å². The quantitative estimate of drug-likeness (QED) is 0.392. The summed E-state index contributed by atoms with van der Waals surface area (Å²) in [6.45, 7) is 4.33. The molecule has 0 heterocycles. The summed E-state index contributed by atoms with van der Waals surface area (Å²) in [6, 6.07) is 6.66. The molecular formula is C13H19ClS. The van der Waals surface area contributed by atoms with E-state index in [-0.39, 0.29) is 0 Å². The highest BCUT2D eigenvalue weighted by Crippen LogP contribution is 2.24. The van der Waals surface area contributed by atoms with E-state index in [1.165, 1.54) is 34.6 Å². The molecule has 15 heavy (non-hydrogen) atoms. The first-order chi connectivity index (χ1) is 7.24. The summed E-state index contributed by atoms with van der Waals surface area (Å²) < 4.78 is 0. The minimum absolute atomic E-state index is 0.800. The lowest BCUT2D eigenvalue weighted by Crippen LogP contribution is -1.86. The number of aryl methyl sites for hydroxylation is 2. The molecule has 0 amide bonds. The third-order valence-electron chi connectivity index (χ3n) is 2.38. The Morgan fingerprint density at radius 3 is 2.67 bits per heavy atom. The topological polar surface area (TPSA) is 0 Å². The fourth-order valence-corrected chi connectivity index (χ4v) is 2.74. The summed E-state index contributed by atoms with van der Waals surface area (Å²) in [5.41, 5.74) is 2.74. The molecule has 0 aliphatic carbocycles. The predicted octanol–water partition coefficient (Wildman–Crippen LogP) is 4.80. The molecule has 0 saturated heterocycles. The van der Waals surface area contributed by atoms with Gasteiger partial charge in [-0.25, -0.2) is 0 Å². The van der Waals surface area contributed by atoms with Crippen molar-refractivity contribution in [2.24, 2.45) is 0 Å². The molecule has 1 aromatic carbocycles. The molecule has 0 bridgehead atoms. The third kappa shape index (κ3) is 4.94. The summed E-state index contributed by atoms with van der Waals surface area (Å²) in [5, 5.41) is 0. The van der Waals surface area contributed by atoms with Crippen LogP contribution in [0.25, 0.3) is 0 Å². The van der Waals surface area contributed by atoms with E-state index in [1.54, 1.807) is 0 Å². The summed E-state index contributed by atoms with van der Waals surface area (Å²) >= 11 is 7.61. The number of benzene rings is 1. The zero-order valence-corrected chi connectivity index (χ0v) is 11.1. The van der Waals surface area contributed by atoms with Gasteiger partial charge in [-0.15, -0.1) is 23.4 Å². The molecule has 0 saturated carbocycles. The Labute approximate surface area is 102 Å². The molecule has 0 fully saturated rings. The standard InChI is InChI=1S/C13H19ClS/c1-11-6-7-12(2)13(10-11)15-9-5-3-4-8-14/h6-7,10H,3-5,8-9H2,1-2H3. The van der Waals surface area contributed by atoms with E-state index in [4.69, 9.17) is 11.6 Å². The molecule has 0 aliphatic rings. The SMILES string of the molecule is Cc1ccc(C)c(SCCCCCCl)c1. The number of unbranched alkanes of at least 4 members (excludes halogenated alkanes) is 2. The molecule has 2 heteroatoms. The van der Waals surface area contributed by atoms with Crippen molar-refractivity contribution < 1.29 is 0 Å². The van der Waals surface area contributed by atoms with Crippen LogP contribution in [0.3, 0.4) is 0 Å². The summed E-state index contributed by atoms with van der Waals surface area (Å²) in [4.78, 5) is 1.43. The maximum absolute atomic E-state index is 5.64. The van der Waals surface area contributed by atoms with Gasteiger partial charge in [0.1, 0.15) is 0 Å². The first-order valence-electron chi connectivity index (χ1n) is 5.50. The van der Waals surface area contributed by atoms with Crippen LogP contribution in [0.2, 0.25) is 0 Å². The molecule has 0 radical (unpaired) electrons.